The van der Waals surface area contributed by atoms with Gasteiger partial charge in [0.15, 0.2) is 15.8 Å². The molecule has 0 radical (unpaired) electrons. The first-order valence-corrected chi connectivity index (χ1v) is 7.20. The fourth-order valence-corrected chi connectivity index (χ4v) is 2.96. The number of rotatable bonds is 4. The fourth-order valence-electron chi connectivity index (χ4n) is 1.41. The summed E-state index contributed by atoms with van der Waals surface area (Å²) in [4.78, 5) is 25.2. The van der Waals surface area contributed by atoms with Crippen LogP contribution in [-0.4, -0.2) is 45.4 Å². The number of hydrogen-bond acceptors (Lipinski definition) is 7. The van der Waals surface area contributed by atoms with Gasteiger partial charge in [-0.1, -0.05) is 11.8 Å². The minimum atomic E-state index is -0.890. The second kappa shape index (κ2) is 5.07. The summed E-state index contributed by atoms with van der Waals surface area (Å²) in [5, 5.41) is 9.04. The Morgan fingerprint density at radius 2 is 2.28 bits per heavy atom. The van der Waals surface area contributed by atoms with Crippen molar-refractivity contribution in [2.24, 2.45) is 0 Å². The highest BCUT2D eigenvalue weighted by Crippen LogP contribution is 2.32. The average Bonchev–Trinajstić information content (AvgIpc) is 2.79. The molecule has 1 unspecified atom stereocenters. The Kier molecular flexibility index (Phi) is 3.67. The van der Waals surface area contributed by atoms with E-state index >= 15 is 0 Å². The Hall–Kier alpha value is -1.41. The highest BCUT2D eigenvalue weighted by Gasteiger charge is 2.21. The molecule has 96 valence electrons. The number of thiazole rings is 1. The van der Waals surface area contributed by atoms with Crippen LogP contribution >= 0.6 is 23.1 Å². The Balaban J connectivity index is 2.50. The van der Waals surface area contributed by atoms with Crippen LogP contribution in [-0.2, 0) is 4.79 Å². The number of carboxylic acids is 1. The molecule has 0 bridgehead atoms. The molecule has 18 heavy (non-hydrogen) atoms. The Labute approximate surface area is 112 Å². The topological polar surface area (TPSA) is 79.2 Å². The van der Waals surface area contributed by atoms with Crippen LogP contribution in [0, 0.1) is 0 Å². The van der Waals surface area contributed by atoms with Gasteiger partial charge in [0.1, 0.15) is 17.1 Å². The number of aliphatic carboxylic acids is 1. The lowest BCUT2D eigenvalue weighted by molar-refractivity contribution is -0.138. The molecule has 0 amide bonds. The zero-order chi connectivity index (χ0) is 13.3. The van der Waals surface area contributed by atoms with Crippen LogP contribution in [0.15, 0.2) is 10.7 Å². The van der Waals surface area contributed by atoms with Crippen LogP contribution in [0.4, 0.5) is 5.82 Å². The molecular formula is C10H12N4O2S2. The average molecular weight is 284 g/mol. The first kappa shape index (κ1) is 13.0. The number of likely N-dealkylation sites (N-methyl/N-ethyl adjacent to an activating group) is 1. The lowest BCUT2D eigenvalue weighted by atomic mass is 10.3. The van der Waals surface area contributed by atoms with E-state index < -0.39 is 12.0 Å². The predicted molar refractivity (Wildman–Crippen MR) is 72.5 cm³/mol. The van der Waals surface area contributed by atoms with E-state index in [1.165, 1.54) is 29.4 Å². The van der Waals surface area contributed by atoms with E-state index in [2.05, 4.69) is 15.0 Å². The van der Waals surface area contributed by atoms with Crippen molar-refractivity contribution in [3.63, 3.8) is 0 Å². The van der Waals surface area contributed by atoms with Crippen LogP contribution in [0.2, 0.25) is 0 Å². The van der Waals surface area contributed by atoms with Crippen LogP contribution in [0.3, 0.4) is 0 Å². The lowest BCUT2D eigenvalue weighted by Gasteiger charge is -2.22. The number of carbonyl (C=O) groups is 1. The highest BCUT2D eigenvalue weighted by atomic mass is 32.2. The van der Waals surface area contributed by atoms with Crippen LogP contribution in [0.5, 0.6) is 0 Å². The molecule has 0 spiro atoms. The maximum atomic E-state index is 11.0. The van der Waals surface area contributed by atoms with Crippen molar-refractivity contribution >= 4 is 45.2 Å². The first-order chi connectivity index (χ1) is 8.54. The largest absolute Gasteiger partial charge is 0.480 e. The molecular weight excluding hydrogens is 272 g/mol. The molecule has 2 aromatic heterocycles. The van der Waals surface area contributed by atoms with Gasteiger partial charge in [0.25, 0.3) is 0 Å². The molecule has 0 aromatic carbocycles. The molecule has 0 aliphatic rings. The molecule has 0 saturated heterocycles. The van der Waals surface area contributed by atoms with Gasteiger partial charge in [0, 0.05) is 7.05 Å². The van der Waals surface area contributed by atoms with Gasteiger partial charge in [-0.05, 0) is 13.2 Å². The van der Waals surface area contributed by atoms with Gasteiger partial charge in [-0.25, -0.2) is 19.7 Å². The van der Waals surface area contributed by atoms with Crippen LogP contribution in [0.1, 0.15) is 6.92 Å². The number of anilines is 1. The van der Waals surface area contributed by atoms with E-state index in [9.17, 15) is 4.79 Å². The number of hydrogen-bond donors (Lipinski definition) is 1. The molecule has 0 aliphatic heterocycles. The van der Waals surface area contributed by atoms with Crippen molar-refractivity contribution in [2.45, 2.75) is 17.3 Å². The summed E-state index contributed by atoms with van der Waals surface area (Å²) in [7, 11) is 1.71. The highest BCUT2D eigenvalue weighted by molar-refractivity contribution is 8.00. The fraction of sp³-hybridized carbons (Fsp3) is 0.400. The Bertz CT molecular complexity index is 586. The molecule has 6 nitrogen and oxygen atoms in total. The molecule has 2 aromatic rings. The van der Waals surface area contributed by atoms with Crippen molar-refractivity contribution in [3.8, 4) is 0 Å². The number of carboxylic acid groups (broad SMARTS) is 1. The second-order valence-electron chi connectivity index (χ2n) is 3.66. The number of fused-ring (bicyclic) bond motifs is 1. The van der Waals surface area contributed by atoms with Gasteiger partial charge in [-0.2, -0.15) is 0 Å². The first-order valence-electron chi connectivity index (χ1n) is 5.15. The van der Waals surface area contributed by atoms with Crippen LogP contribution < -0.4 is 4.90 Å². The molecule has 0 fully saturated rings. The Morgan fingerprint density at radius 1 is 1.56 bits per heavy atom. The predicted octanol–water partition coefficient (Wildman–Crippen LogP) is 1.72. The van der Waals surface area contributed by atoms with Gasteiger partial charge in [0.2, 0.25) is 0 Å². The third kappa shape index (κ3) is 2.25. The summed E-state index contributed by atoms with van der Waals surface area (Å²) < 4.78 is 1.71. The molecule has 0 saturated carbocycles. The SMILES string of the molecule is CSc1nc2ncnc(N(C)C(C)C(=O)O)c2s1. The summed E-state index contributed by atoms with van der Waals surface area (Å²) in [6.45, 7) is 1.62. The monoisotopic (exact) mass is 284 g/mol. The molecule has 8 heteroatoms. The zero-order valence-electron chi connectivity index (χ0n) is 10.1. The van der Waals surface area contributed by atoms with Crippen molar-refractivity contribution < 1.29 is 9.90 Å². The third-order valence-corrected chi connectivity index (χ3v) is 4.63. The van der Waals surface area contributed by atoms with Gasteiger partial charge >= 0.3 is 5.97 Å². The zero-order valence-corrected chi connectivity index (χ0v) is 11.7. The van der Waals surface area contributed by atoms with Gasteiger partial charge in [-0.15, -0.1) is 11.3 Å². The summed E-state index contributed by atoms with van der Waals surface area (Å²) in [6, 6.07) is -0.650. The van der Waals surface area contributed by atoms with Crippen molar-refractivity contribution in [1.82, 2.24) is 15.0 Å². The van der Waals surface area contributed by atoms with Crippen molar-refractivity contribution in [3.05, 3.63) is 6.33 Å². The van der Waals surface area contributed by atoms with E-state index in [-0.39, 0.29) is 0 Å². The maximum absolute atomic E-state index is 11.0. The number of aromatic nitrogens is 3. The normalized spacial score (nSPS) is 12.6. The summed E-state index contributed by atoms with van der Waals surface area (Å²) >= 11 is 3.01. The van der Waals surface area contributed by atoms with E-state index in [1.807, 2.05) is 6.26 Å². The van der Waals surface area contributed by atoms with Gasteiger partial charge in [-0.3, -0.25) is 0 Å². The number of nitrogens with zero attached hydrogens (tertiary/aromatic N) is 4. The summed E-state index contributed by atoms with van der Waals surface area (Å²) in [5.41, 5.74) is 0.610. The summed E-state index contributed by atoms with van der Waals surface area (Å²) in [6.07, 6.45) is 3.35. The lowest BCUT2D eigenvalue weighted by Crippen LogP contribution is -2.36. The van der Waals surface area contributed by atoms with Gasteiger partial charge < -0.3 is 10.0 Å². The molecule has 0 aliphatic carbocycles. The van der Waals surface area contributed by atoms with E-state index in [0.29, 0.717) is 11.5 Å². The minimum absolute atomic E-state index is 0.604. The standard InChI is InChI=1S/C10H12N4O2S2/c1-5(9(15)16)14(2)8-6-7(11-4-12-8)13-10(17-3)18-6/h4-5H,1-3H3,(H,15,16). The third-order valence-electron chi connectivity index (χ3n) is 2.60. The smallest absolute Gasteiger partial charge is 0.326 e. The second-order valence-corrected chi connectivity index (χ2v) is 5.71. The van der Waals surface area contributed by atoms with E-state index in [0.717, 1.165) is 9.04 Å². The molecule has 1 atom stereocenters. The molecule has 1 N–H and O–H groups in total. The number of thioether (sulfide) groups is 1. The molecule has 2 heterocycles. The minimum Gasteiger partial charge on any atom is -0.480 e. The van der Waals surface area contributed by atoms with Gasteiger partial charge in [0.05, 0.1) is 0 Å². The Morgan fingerprint density at radius 3 is 2.89 bits per heavy atom. The van der Waals surface area contributed by atoms with E-state index in [1.54, 1.807) is 18.9 Å². The quantitative estimate of drug-likeness (QED) is 0.856. The van der Waals surface area contributed by atoms with Crippen molar-refractivity contribution in [1.29, 1.82) is 0 Å². The molecule has 2 rings (SSSR count). The van der Waals surface area contributed by atoms with Crippen LogP contribution in [0.25, 0.3) is 10.3 Å². The van der Waals surface area contributed by atoms with E-state index in [4.69, 9.17) is 5.11 Å². The summed E-state index contributed by atoms with van der Waals surface area (Å²) in [5.74, 6) is -0.286. The van der Waals surface area contributed by atoms with Crippen molar-refractivity contribution in [2.75, 3.05) is 18.2 Å². The maximum Gasteiger partial charge on any atom is 0.326 e.